The second-order valence-electron chi connectivity index (χ2n) is 6.60. The Balaban J connectivity index is 1.67. The van der Waals surface area contributed by atoms with Gasteiger partial charge in [0.15, 0.2) is 9.84 Å². The molecule has 126 valence electrons. The number of sulfone groups is 1. The van der Waals surface area contributed by atoms with Crippen LogP contribution < -0.4 is 0 Å². The highest BCUT2D eigenvalue weighted by molar-refractivity contribution is 7.91. The van der Waals surface area contributed by atoms with Crippen LogP contribution in [0.5, 0.6) is 0 Å². The standard InChI is InChI=1S/C17H19N3O3S/c1-19-7-8-20(16-11-24(22,23)10-15(16)19)17(21)13-4-5-14-12(9-13)3-2-6-18-14/h2-6,9,15-16H,7-8,10-11H2,1H3. The molecule has 24 heavy (non-hydrogen) atoms. The third kappa shape index (κ3) is 2.57. The van der Waals surface area contributed by atoms with Crippen molar-refractivity contribution >= 4 is 26.6 Å². The number of piperazine rings is 1. The Morgan fingerprint density at radius 3 is 2.79 bits per heavy atom. The van der Waals surface area contributed by atoms with Crippen molar-refractivity contribution in [2.75, 3.05) is 31.6 Å². The fraction of sp³-hybridized carbons (Fsp3) is 0.412. The molecule has 1 aromatic carbocycles. The molecule has 0 radical (unpaired) electrons. The number of aromatic nitrogens is 1. The zero-order chi connectivity index (χ0) is 16.9. The van der Waals surface area contributed by atoms with Crippen LogP contribution in [0.3, 0.4) is 0 Å². The Morgan fingerprint density at radius 2 is 1.96 bits per heavy atom. The van der Waals surface area contributed by atoms with Gasteiger partial charge in [0, 0.05) is 36.3 Å². The maximum absolute atomic E-state index is 13.0. The first kappa shape index (κ1) is 15.5. The summed E-state index contributed by atoms with van der Waals surface area (Å²) >= 11 is 0. The highest BCUT2D eigenvalue weighted by Gasteiger charge is 2.47. The number of hydrogen-bond donors (Lipinski definition) is 0. The Bertz CT molecular complexity index is 912. The summed E-state index contributed by atoms with van der Waals surface area (Å²) in [6.07, 6.45) is 1.72. The Hall–Kier alpha value is -1.99. The fourth-order valence-corrected chi connectivity index (χ4v) is 5.81. The number of benzene rings is 1. The number of carbonyl (C=O) groups is 1. The molecule has 2 fully saturated rings. The van der Waals surface area contributed by atoms with Crippen LogP contribution in [0.1, 0.15) is 10.4 Å². The lowest BCUT2D eigenvalue weighted by Gasteiger charge is -2.42. The third-order valence-electron chi connectivity index (χ3n) is 5.06. The molecule has 2 aliphatic heterocycles. The van der Waals surface area contributed by atoms with Crippen LogP contribution in [-0.2, 0) is 9.84 Å². The summed E-state index contributed by atoms with van der Waals surface area (Å²) in [6, 6.07) is 8.84. The number of carbonyl (C=O) groups excluding carboxylic acids is 1. The molecule has 7 heteroatoms. The van der Waals surface area contributed by atoms with E-state index in [0.717, 1.165) is 10.9 Å². The van der Waals surface area contributed by atoms with E-state index in [1.54, 1.807) is 17.2 Å². The summed E-state index contributed by atoms with van der Waals surface area (Å²) in [4.78, 5) is 21.1. The normalized spacial score (nSPS) is 26.5. The van der Waals surface area contributed by atoms with E-state index in [-0.39, 0.29) is 29.5 Å². The molecule has 3 heterocycles. The van der Waals surface area contributed by atoms with Gasteiger partial charge in [0.05, 0.1) is 23.1 Å². The zero-order valence-corrected chi connectivity index (χ0v) is 14.2. The molecule has 0 saturated carbocycles. The summed E-state index contributed by atoms with van der Waals surface area (Å²) in [5, 5.41) is 0.910. The molecule has 2 aliphatic rings. The van der Waals surface area contributed by atoms with E-state index in [9.17, 15) is 13.2 Å². The maximum atomic E-state index is 13.0. The molecule has 6 nitrogen and oxygen atoms in total. The Kier molecular flexibility index (Phi) is 3.58. The molecule has 2 unspecified atom stereocenters. The average molecular weight is 345 g/mol. The van der Waals surface area contributed by atoms with E-state index >= 15 is 0 Å². The smallest absolute Gasteiger partial charge is 0.254 e. The number of hydrogen-bond acceptors (Lipinski definition) is 5. The lowest BCUT2D eigenvalue weighted by Crippen LogP contribution is -2.59. The molecular formula is C17H19N3O3S. The molecule has 4 rings (SSSR count). The molecule has 1 amide bonds. The molecule has 0 bridgehead atoms. The topological polar surface area (TPSA) is 70.6 Å². The van der Waals surface area contributed by atoms with E-state index in [1.165, 1.54) is 0 Å². The van der Waals surface area contributed by atoms with Crippen LogP contribution in [0.25, 0.3) is 10.9 Å². The summed E-state index contributed by atoms with van der Waals surface area (Å²) in [5.74, 6) is 0.101. The molecule has 2 saturated heterocycles. The van der Waals surface area contributed by atoms with Crippen LogP contribution in [-0.4, -0.2) is 72.8 Å². The number of amides is 1. The van der Waals surface area contributed by atoms with Crippen LogP contribution >= 0.6 is 0 Å². The van der Waals surface area contributed by atoms with E-state index in [2.05, 4.69) is 9.88 Å². The summed E-state index contributed by atoms with van der Waals surface area (Å²) in [5.41, 5.74) is 1.43. The first-order chi connectivity index (χ1) is 11.4. The van der Waals surface area contributed by atoms with Crippen molar-refractivity contribution in [3.05, 3.63) is 42.1 Å². The van der Waals surface area contributed by atoms with Gasteiger partial charge < -0.3 is 4.90 Å². The minimum absolute atomic E-state index is 0.0584. The average Bonchev–Trinajstić information content (AvgIpc) is 2.90. The van der Waals surface area contributed by atoms with Gasteiger partial charge in [0.1, 0.15) is 0 Å². The highest BCUT2D eigenvalue weighted by atomic mass is 32.2. The molecule has 2 atom stereocenters. The van der Waals surface area contributed by atoms with Crippen molar-refractivity contribution in [1.82, 2.24) is 14.8 Å². The second kappa shape index (κ2) is 5.53. The minimum atomic E-state index is -3.09. The molecule has 2 aromatic rings. The van der Waals surface area contributed by atoms with E-state index < -0.39 is 9.84 Å². The van der Waals surface area contributed by atoms with Crippen LogP contribution in [0.4, 0.5) is 0 Å². The zero-order valence-electron chi connectivity index (χ0n) is 13.4. The number of rotatable bonds is 1. The first-order valence-electron chi connectivity index (χ1n) is 8.01. The van der Waals surface area contributed by atoms with E-state index in [4.69, 9.17) is 0 Å². The second-order valence-corrected chi connectivity index (χ2v) is 8.76. The number of likely N-dealkylation sites (N-methyl/N-ethyl adjacent to an activating group) is 1. The maximum Gasteiger partial charge on any atom is 0.254 e. The lowest BCUT2D eigenvalue weighted by atomic mass is 10.0. The van der Waals surface area contributed by atoms with Crippen molar-refractivity contribution in [3.63, 3.8) is 0 Å². The Morgan fingerprint density at radius 1 is 1.17 bits per heavy atom. The van der Waals surface area contributed by atoms with Crippen LogP contribution in [0, 0.1) is 0 Å². The summed E-state index contributed by atoms with van der Waals surface area (Å²) < 4.78 is 24.1. The Labute approximate surface area is 141 Å². The quantitative estimate of drug-likeness (QED) is 0.764. The van der Waals surface area contributed by atoms with Gasteiger partial charge in [-0.3, -0.25) is 14.7 Å². The van der Waals surface area contributed by atoms with E-state index in [1.807, 2.05) is 31.3 Å². The molecule has 0 N–H and O–H groups in total. The third-order valence-corrected chi connectivity index (χ3v) is 6.76. The van der Waals surface area contributed by atoms with Crippen LogP contribution in [0.15, 0.2) is 36.5 Å². The van der Waals surface area contributed by atoms with Gasteiger partial charge in [-0.1, -0.05) is 6.07 Å². The SMILES string of the molecule is CN1CCN(C(=O)c2ccc3ncccc3c2)C2CS(=O)(=O)CC21. The fourth-order valence-electron chi connectivity index (χ4n) is 3.75. The van der Waals surface area contributed by atoms with Crippen LogP contribution in [0.2, 0.25) is 0 Å². The van der Waals surface area contributed by atoms with Gasteiger partial charge in [-0.2, -0.15) is 0 Å². The van der Waals surface area contributed by atoms with Gasteiger partial charge in [-0.05, 0) is 31.3 Å². The monoisotopic (exact) mass is 345 g/mol. The summed E-state index contributed by atoms with van der Waals surface area (Å²) in [6.45, 7) is 1.24. The van der Waals surface area contributed by atoms with E-state index in [0.29, 0.717) is 18.7 Å². The summed E-state index contributed by atoms with van der Waals surface area (Å²) in [7, 11) is -1.16. The van der Waals surface area contributed by atoms with Crippen molar-refractivity contribution in [1.29, 1.82) is 0 Å². The predicted molar refractivity (Wildman–Crippen MR) is 91.6 cm³/mol. The minimum Gasteiger partial charge on any atom is -0.332 e. The highest BCUT2D eigenvalue weighted by Crippen LogP contribution is 2.27. The van der Waals surface area contributed by atoms with Gasteiger partial charge in [-0.25, -0.2) is 8.42 Å². The van der Waals surface area contributed by atoms with Crippen molar-refractivity contribution in [3.8, 4) is 0 Å². The van der Waals surface area contributed by atoms with Crippen molar-refractivity contribution < 1.29 is 13.2 Å². The van der Waals surface area contributed by atoms with Gasteiger partial charge >= 0.3 is 0 Å². The van der Waals surface area contributed by atoms with Crippen molar-refractivity contribution in [2.45, 2.75) is 12.1 Å². The molecule has 0 spiro atoms. The molecular weight excluding hydrogens is 326 g/mol. The lowest BCUT2D eigenvalue weighted by molar-refractivity contribution is 0.0410. The largest absolute Gasteiger partial charge is 0.332 e. The first-order valence-corrected chi connectivity index (χ1v) is 9.83. The van der Waals surface area contributed by atoms with Gasteiger partial charge in [0.2, 0.25) is 0 Å². The number of nitrogens with zero attached hydrogens (tertiary/aromatic N) is 3. The van der Waals surface area contributed by atoms with Crippen molar-refractivity contribution in [2.24, 2.45) is 0 Å². The van der Waals surface area contributed by atoms with Gasteiger partial charge in [-0.15, -0.1) is 0 Å². The van der Waals surface area contributed by atoms with Gasteiger partial charge in [0.25, 0.3) is 5.91 Å². The number of fused-ring (bicyclic) bond motifs is 2. The molecule has 1 aromatic heterocycles. The molecule has 0 aliphatic carbocycles. The predicted octanol–water partition coefficient (Wildman–Crippen LogP) is 0.788. The number of pyridine rings is 1.